The van der Waals surface area contributed by atoms with Gasteiger partial charge in [0.15, 0.2) is 0 Å². The van der Waals surface area contributed by atoms with Crippen LogP contribution in [0.2, 0.25) is 0 Å². The van der Waals surface area contributed by atoms with E-state index in [2.05, 4.69) is 15.4 Å². The largest absolute Gasteiger partial charge is 0.351 e. The summed E-state index contributed by atoms with van der Waals surface area (Å²) < 4.78 is 2.81. The number of hydrogen-bond donors (Lipinski definition) is 1. The Balaban J connectivity index is 1.72. The molecule has 0 saturated heterocycles. The molecule has 0 bridgehead atoms. The molecule has 2 heterocycles. The van der Waals surface area contributed by atoms with Crippen molar-refractivity contribution in [3.8, 4) is 0 Å². The average Bonchev–Trinajstić information content (AvgIpc) is 3.07. The number of thiazole rings is 1. The number of carbonyl (C=O) groups excluding carboxylic acids is 1. The molecule has 0 aliphatic rings. The lowest BCUT2D eigenvalue weighted by molar-refractivity contribution is 0.0943. The minimum absolute atomic E-state index is 0.0494. The molecule has 108 valence electrons. The Kier molecular flexibility index (Phi) is 5.60. The van der Waals surface area contributed by atoms with Gasteiger partial charge in [-0.1, -0.05) is 11.8 Å². The predicted octanol–water partition coefficient (Wildman–Crippen LogP) is 2.58. The van der Waals surface area contributed by atoms with Crippen molar-refractivity contribution in [3.63, 3.8) is 0 Å². The first-order chi connectivity index (χ1) is 9.70. The number of aromatic nitrogens is 3. The van der Waals surface area contributed by atoms with Crippen molar-refractivity contribution in [3.05, 3.63) is 29.0 Å². The van der Waals surface area contributed by atoms with Gasteiger partial charge in [0.2, 0.25) is 0 Å². The number of nitrogens with zero attached hydrogens (tertiary/aromatic N) is 3. The van der Waals surface area contributed by atoms with E-state index in [4.69, 9.17) is 0 Å². The third-order valence-corrected chi connectivity index (χ3v) is 4.73. The molecule has 0 spiro atoms. The quantitative estimate of drug-likeness (QED) is 0.631. The van der Waals surface area contributed by atoms with Crippen LogP contribution >= 0.6 is 23.1 Å². The molecule has 2 aromatic rings. The van der Waals surface area contributed by atoms with Crippen molar-refractivity contribution in [2.75, 3.05) is 12.3 Å². The SMILES string of the molecule is CCn1nc(C)cc1C(=O)NCCCSc1nccs1. The number of carbonyl (C=O) groups is 1. The number of rotatable bonds is 7. The molecule has 1 amide bonds. The number of nitrogens with one attached hydrogen (secondary N) is 1. The molecular weight excluding hydrogens is 292 g/mol. The molecule has 20 heavy (non-hydrogen) atoms. The van der Waals surface area contributed by atoms with Gasteiger partial charge in [0.1, 0.15) is 10.0 Å². The van der Waals surface area contributed by atoms with E-state index < -0.39 is 0 Å². The van der Waals surface area contributed by atoms with E-state index in [9.17, 15) is 4.79 Å². The van der Waals surface area contributed by atoms with Crippen LogP contribution in [0.5, 0.6) is 0 Å². The molecule has 0 aliphatic heterocycles. The van der Waals surface area contributed by atoms with Gasteiger partial charge >= 0.3 is 0 Å². The van der Waals surface area contributed by atoms with E-state index in [0.29, 0.717) is 18.8 Å². The van der Waals surface area contributed by atoms with E-state index in [1.807, 2.05) is 31.5 Å². The second-order valence-corrected chi connectivity index (χ2v) is 6.48. The van der Waals surface area contributed by atoms with Gasteiger partial charge in [-0.25, -0.2) is 4.98 Å². The van der Waals surface area contributed by atoms with Gasteiger partial charge in [-0.2, -0.15) is 5.10 Å². The van der Waals surface area contributed by atoms with Gasteiger partial charge in [0.05, 0.1) is 5.69 Å². The Bertz CT molecular complexity index is 551. The lowest BCUT2D eigenvalue weighted by atomic mass is 10.3. The zero-order chi connectivity index (χ0) is 14.4. The van der Waals surface area contributed by atoms with Gasteiger partial charge in [-0.3, -0.25) is 9.48 Å². The highest BCUT2D eigenvalue weighted by Gasteiger charge is 2.12. The topological polar surface area (TPSA) is 59.8 Å². The van der Waals surface area contributed by atoms with Crippen molar-refractivity contribution in [1.82, 2.24) is 20.1 Å². The standard InChI is InChI=1S/C13H18N4OS2/c1-3-17-11(9-10(2)16-17)12(18)14-5-4-7-19-13-15-6-8-20-13/h6,8-9H,3-5,7H2,1-2H3,(H,14,18). The van der Waals surface area contributed by atoms with Crippen molar-refractivity contribution < 1.29 is 4.79 Å². The fraction of sp³-hybridized carbons (Fsp3) is 0.462. The van der Waals surface area contributed by atoms with Crippen LogP contribution in [0.4, 0.5) is 0 Å². The molecule has 0 aliphatic carbocycles. The van der Waals surface area contributed by atoms with Gasteiger partial charge in [-0.05, 0) is 26.3 Å². The van der Waals surface area contributed by atoms with Crippen LogP contribution in [0.3, 0.4) is 0 Å². The normalized spacial score (nSPS) is 10.7. The fourth-order valence-electron chi connectivity index (χ4n) is 1.78. The first-order valence-electron chi connectivity index (χ1n) is 6.55. The lowest BCUT2D eigenvalue weighted by Gasteiger charge is -2.06. The fourth-order valence-corrected chi connectivity index (χ4v) is 3.42. The molecule has 0 fully saturated rings. The lowest BCUT2D eigenvalue weighted by Crippen LogP contribution is -2.27. The summed E-state index contributed by atoms with van der Waals surface area (Å²) in [5, 5.41) is 9.18. The summed E-state index contributed by atoms with van der Waals surface area (Å²) in [6.45, 7) is 5.25. The minimum Gasteiger partial charge on any atom is -0.351 e. The monoisotopic (exact) mass is 310 g/mol. The molecular formula is C13H18N4OS2. The predicted molar refractivity (Wildman–Crippen MR) is 82.4 cm³/mol. The van der Waals surface area contributed by atoms with E-state index in [1.165, 1.54) is 0 Å². The Morgan fingerprint density at radius 3 is 3.10 bits per heavy atom. The maximum Gasteiger partial charge on any atom is 0.269 e. The summed E-state index contributed by atoms with van der Waals surface area (Å²) in [5.74, 6) is 0.909. The van der Waals surface area contributed by atoms with Crippen LogP contribution in [0.25, 0.3) is 0 Å². The zero-order valence-corrected chi connectivity index (χ0v) is 13.3. The Labute approximate surface area is 126 Å². The highest BCUT2D eigenvalue weighted by molar-refractivity contribution is 8.00. The summed E-state index contributed by atoms with van der Waals surface area (Å²) in [5.41, 5.74) is 1.51. The number of hydrogen-bond acceptors (Lipinski definition) is 5. The summed E-state index contributed by atoms with van der Waals surface area (Å²) in [6.07, 6.45) is 2.73. The molecule has 0 unspecified atom stereocenters. The highest BCUT2D eigenvalue weighted by Crippen LogP contribution is 2.20. The molecule has 7 heteroatoms. The maximum atomic E-state index is 12.0. The van der Waals surface area contributed by atoms with Crippen molar-refractivity contribution >= 4 is 29.0 Å². The van der Waals surface area contributed by atoms with E-state index in [0.717, 1.165) is 22.2 Å². The van der Waals surface area contributed by atoms with Gasteiger partial charge in [0.25, 0.3) is 5.91 Å². The molecule has 0 radical (unpaired) electrons. The number of thioether (sulfide) groups is 1. The first kappa shape index (κ1) is 15.1. The van der Waals surface area contributed by atoms with Gasteiger partial charge in [-0.15, -0.1) is 11.3 Å². The Morgan fingerprint density at radius 1 is 1.55 bits per heavy atom. The van der Waals surface area contributed by atoms with Crippen LogP contribution in [0, 0.1) is 6.92 Å². The Morgan fingerprint density at radius 2 is 2.40 bits per heavy atom. The molecule has 5 nitrogen and oxygen atoms in total. The summed E-state index contributed by atoms with van der Waals surface area (Å²) in [6, 6.07) is 1.82. The third-order valence-electron chi connectivity index (χ3n) is 2.68. The third kappa shape index (κ3) is 4.08. The smallest absolute Gasteiger partial charge is 0.269 e. The number of amides is 1. The average molecular weight is 310 g/mol. The van der Waals surface area contributed by atoms with Crippen molar-refractivity contribution in [2.45, 2.75) is 31.2 Å². The van der Waals surface area contributed by atoms with Gasteiger partial charge in [0, 0.05) is 30.4 Å². The van der Waals surface area contributed by atoms with Crippen LogP contribution in [-0.4, -0.2) is 33.0 Å². The van der Waals surface area contributed by atoms with Crippen molar-refractivity contribution in [1.29, 1.82) is 0 Å². The maximum absolute atomic E-state index is 12.0. The van der Waals surface area contributed by atoms with Crippen LogP contribution in [0.15, 0.2) is 22.0 Å². The molecule has 0 saturated carbocycles. The first-order valence-corrected chi connectivity index (χ1v) is 8.42. The van der Waals surface area contributed by atoms with Crippen LogP contribution in [0.1, 0.15) is 29.5 Å². The summed E-state index contributed by atoms with van der Waals surface area (Å²) >= 11 is 3.37. The van der Waals surface area contributed by atoms with Crippen LogP contribution < -0.4 is 5.32 Å². The van der Waals surface area contributed by atoms with Gasteiger partial charge < -0.3 is 5.32 Å². The van der Waals surface area contributed by atoms with E-state index in [1.54, 1.807) is 27.8 Å². The Hall–Kier alpha value is -1.34. The minimum atomic E-state index is -0.0494. The molecule has 2 rings (SSSR count). The summed E-state index contributed by atoms with van der Waals surface area (Å²) in [7, 11) is 0. The summed E-state index contributed by atoms with van der Waals surface area (Å²) in [4.78, 5) is 16.2. The number of aryl methyl sites for hydroxylation is 2. The molecule has 2 aromatic heterocycles. The highest BCUT2D eigenvalue weighted by atomic mass is 32.2. The second-order valence-electron chi connectivity index (χ2n) is 4.24. The molecule has 0 aromatic carbocycles. The van der Waals surface area contributed by atoms with E-state index in [-0.39, 0.29) is 5.91 Å². The second kappa shape index (κ2) is 7.44. The molecule has 1 N–H and O–H groups in total. The van der Waals surface area contributed by atoms with E-state index >= 15 is 0 Å². The molecule has 0 atom stereocenters. The zero-order valence-electron chi connectivity index (χ0n) is 11.6. The van der Waals surface area contributed by atoms with Crippen LogP contribution in [-0.2, 0) is 6.54 Å². The van der Waals surface area contributed by atoms with Crippen molar-refractivity contribution in [2.24, 2.45) is 0 Å².